The Balaban J connectivity index is 3.30. The number of halogens is 1. The van der Waals surface area contributed by atoms with Gasteiger partial charge in [0, 0.05) is 11.2 Å². The molecule has 0 saturated heterocycles. The minimum absolute atomic E-state index is 0.0636. The van der Waals surface area contributed by atoms with Crippen LogP contribution in [0.3, 0.4) is 0 Å². The van der Waals surface area contributed by atoms with Crippen LogP contribution in [-0.4, -0.2) is 17.4 Å². The number of hydrogen-bond donors (Lipinski definition) is 0. The Morgan fingerprint density at radius 1 is 1.38 bits per heavy atom. The summed E-state index contributed by atoms with van der Waals surface area (Å²) in [5.74, 6) is -0.0636. The van der Waals surface area contributed by atoms with Crippen molar-refractivity contribution >= 4 is 21.9 Å². The zero-order valence-corrected chi connectivity index (χ0v) is 10.1. The summed E-state index contributed by atoms with van der Waals surface area (Å²) >= 11 is 3.41. The lowest BCUT2D eigenvalue weighted by Gasteiger charge is -2.07. The molecular formula is C10H19BrO2. The van der Waals surface area contributed by atoms with Gasteiger partial charge in [-0.15, -0.1) is 0 Å². The highest BCUT2D eigenvalue weighted by atomic mass is 79.9. The minimum atomic E-state index is -0.0636. The third-order valence-corrected chi connectivity index (χ3v) is 2.76. The Kier molecular flexibility index (Phi) is 8.51. The summed E-state index contributed by atoms with van der Waals surface area (Å²) in [7, 11) is 0. The second kappa shape index (κ2) is 8.54. The van der Waals surface area contributed by atoms with E-state index in [2.05, 4.69) is 29.8 Å². The molecule has 0 bridgehead atoms. The first-order valence-corrected chi connectivity index (χ1v) is 5.92. The summed E-state index contributed by atoms with van der Waals surface area (Å²) in [6.07, 6.45) is 4.76. The number of carbonyl (C=O) groups excluding carboxylic acids is 1. The van der Waals surface area contributed by atoms with Crippen molar-refractivity contribution in [1.29, 1.82) is 0 Å². The van der Waals surface area contributed by atoms with Crippen molar-refractivity contribution in [2.45, 2.75) is 50.8 Å². The fourth-order valence-corrected chi connectivity index (χ4v) is 1.02. The number of carbonyl (C=O) groups is 1. The van der Waals surface area contributed by atoms with E-state index in [9.17, 15) is 4.79 Å². The molecule has 3 heteroatoms. The number of esters is 1. The van der Waals surface area contributed by atoms with E-state index in [1.165, 1.54) is 0 Å². The molecule has 0 radical (unpaired) electrons. The van der Waals surface area contributed by atoms with Crippen molar-refractivity contribution in [1.82, 2.24) is 0 Å². The molecule has 0 saturated carbocycles. The van der Waals surface area contributed by atoms with E-state index in [0.29, 0.717) is 17.9 Å². The summed E-state index contributed by atoms with van der Waals surface area (Å²) in [6.45, 7) is 4.68. The van der Waals surface area contributed by atoms with Gasteiger partial charge >= 0.3 is 5.97 Å². The third-order valence-electron chi connectivity index (χ3n) is 1.85. The molecule has 0 aliphatic heterocycles. The van der Waals surface area contributed by atoms with Crippen molar-refractivity contribution in [3.63, 3.8) is 0 Å². The zero-order chi connectivity index (χ0) is 10.1. The van der Waals surface area contributed by atoms with Crippen molar-refractivity contribution in [3.8, 4) is 0 Å². The maximum Gasteiger partial charge on any atom is 0.305 e. The number of rotatable bonds is 7. The van der Waals surface area contributed by atoms with Gasteiger partial charge in [0.05, 0.1) is 0 Å². The smallest absolute Gasteiger partial charge is 0.305 e. The third kappa shape index (κ3) is 8.28. The van der Waals surface area contributed by atoms with Gasteiger partial charge in [-0.1, -0.05) is 42.6 Å². The van der Waals surface area contributed by atoms with Crippen LogP contribution >= 0.6 is 15.9 Å². The number of hydrogen-bond acceptors (Lipinski definition) is 2. The SMILES string of the molecule is CCCCCC(=O)OCC(Br)CC. The van der Waals surface area contributed by atoms with Crippen molar-refractivity contribution < 1.29 is 9.53 Å². The zero-order valence-electron chi connectivity index (χ0n) is 8.51. The van der Waals surface area contributed by atoms with Gasteiger partial charge in [-0.05, 0) is 12.8 Å². The van der Waals surface area contributed by atoms with Gasteiger partial charge in [0.2, 0.25) is 0 Å². The maximum absolute atomic E-state index is 11.1. The summed E-state index contributed by atoms with van der Waals surface area (Å²) in [4.78, 5) is 11.4. The van der Waals surface area contributed by atoms with Gasteiger partial charge in [-0.25, -0.2) is 0 Å². The quantitative estimate of drug-likeness (QED) is 0.394. The molecule has 0 aliphatic rings. The van der Waals surface area contributed by atoms with Crippen LogP contribution in [0.5, 0.6) is 0 Å². The summed E-state index contributed by atoms with van der Waals surface area (Å²) < 4.78 is 5.06. The van der Waals surface area contributed by atoms with Crippen molar-refractivity contribution in [2.24, 2.45) is 0 Å². The predicted molar refractivity (Wildman–Crippen MR) is 58.1 cm³/mol. The molecule has 0 aliphatic carbocycles. The van der Waals surface area contributed by atoms with Gasteiger partial charge in [-0.2, -0.15) is 0 Å². The molecule has 0 N–H and O–H groups in total. The first kappa shape index (κ1) is 12.9. The molecule has 0 aromatic carbocycles. The molecule has 0 amide bonds. The molecular weight excluding hydrogens is 232 g/mol. The molecule has 0 aromatic heterocycles. The summed E-state index contributed by atoms with van der Waals surface area (Å²) in [5, 5.41) is 0. The molecule has 2 nitrogen and oxygen atoms in total. The molecule has 0 aromatic rings. The normalized spacial score (nSPS) is 12.5. The second-order valence-electron chi connectivity index (χ2n) is 3.15. The molecule has 0 spiro atoms. The Labute approximate surface area is 89.2 Å². The first-order valence-electron chi connectivity index (χ1n) is 5.00. The molecule has 78 valence electrons. The lowest BCUT2D eigenvalue weighted by molar-refractivity contribution is -0.143. The van der Waals surface area contributed by atoms with Gasteiger partial charge in [0.15, 0.2) is 0 Å². The van der Waals surface area contributed by atoms with Crippen LogP contribution in [0.2, 0.25) is 0 Å². The number of unbranched alkanes of at least 4 members (excludes halogenated alkanes) is 2. The highest BCUT2D eigenvalue weighted by molar-refractivity contribution is 9.09. The Hall–Kier alpha value is -0.0500. The fraction of sp³-hybridized carbons (Fsp3) is 0.900. The van der Waals surface area contributed by atoms with Crippen LogP contribution < -0.4 is 0 Å². The number of alkyl halides is 1. The van der Waals surface area contributed by atoms with Crippen molar-refractivity contribution in [2.75, 3.05) is 6.61 Å². The second-order valence-corrected chi connectivity index (χ2v) is 4.44. The molecule has 0 fully saturated rings. The largest absolute Gasteiger partial charge is 0.464 e. The van der Waals surface area contributed by atoms with Crippen LogP contribution in [0.1, 0.15) is 46.0 Å². The number of ether oxygens (including phenoxy) is 1. The van der Waals surface area contributed by atoms with E-state index in [4.69, 9.17) is 4.74 Å². The standard InChI is InChI=1S/C10H19BrO2/c1-3-5-6-7-10(12)13-8-9(11)4-2/h9H,3-8H2,1-2H3. The van der Waals surface area contributed by atoms with Crippen LogP contribution in [-0.2, 0) is 9.53 Å². The van der Waals surface area contributed by atoms with Crippen molar-refractivity contribution in [3.05, 3.63) is 0 Å². The maximum atomic E-state index is 11.1. The topological polar surface area (TPSA) is 26.3 Å². The van der Waals surface area contributed by atoms with Crippen LogP contribution in [0.25, 0.3) is 0 Å². The average molecular weight is 251 g/mol. The van der Waals surface area contributed by atoms with E-state index in [1.54, 1.807) is 0 Å². The Morgan fingerprint density at radius 2 is 2.08 bits per heavy atom. The molecule has 0 rings (SSSR count). The van der Waals surface area contributed by atoms with E-state index in [1.807, 2.05) is 0 Å². The van der Waals surface area contributed by atoms with E-state index in [-0.39, 0.29) is 5.97 Å². The molecule has 1 atom stereocenters. The van der Waals surface area contributed by atoms with Gasteiger partial charge in [-0.3, -0.25) is 4.79 Å². The fourth-order valence-electron chi connectivity index (χ4n) is 0.893. The average Bonchev–Trinajstić information content (AvgIpc) is 2.14. The lowest BCUT2D eigenvalue weighted by Crippen LogP contribution is -2.12. The Bertz CT molecular complexity index is 137. The van der Waals surface area contributed by atoms with E-state index in [0.717, 1.165) is 25.7 Å². The van der Waals surface area contributed by atoms with Gasteiger partial charge < -0.3 is 4.74 Å². The van der Waals surface area contributed by atoms with Gasteiger partial charge in [0.25, 0.3) is 0 Å². The van der Waals surface area contributed by atoms with Crippen LogP contribution in [0, 0.1) is 0 Å². The van der Waals surface area contributed by atoms with E-state index < -0.39 is 0 Å². The van der Waals surface area contributed by atoms with Crippen LogP contribution in [0.4, 0.5) is 0 Å². The Morgan fingerprint density at radius 3 is 2.62 bits per heavy atom. The summed E-state index contributed by atoms with van der Waals surface area (Å²) in [6, 6.07) is 0. The monoisotopic (exact) mass is 250 g/mol. The highest BCUT2D eigenvalue weighted by Gasteiger charge is 2.05. The van der Waals surface area contributed by atoms with Gasteiger partial charge in [0.1, 0.15) is 6.61 Å². The lowest BCUT2D eigenvalue weighted by atomic mass is 10.2. The molecule has 0 heterocycles. The van der Waals surface area contributed by atoms with E-state index >= 15 is 0 Å². The van der Waals surface area contributed by atoms with Crippen LogP contribution in [0.15, 0.2) is 0 Å². The molecule has 13 heavy (non-hydrogen) atoms. The predicted octanol–water partition coefficient (Wildman–Crippen LogP) is 3.28. The highest BCUT2D eigenvalue weighted by Crippen LogP contribution is 2.06. The summed E-state index contributed by atoms with van der Waals surface area (Å²) in [5.41, 5.74) is 0. The molecule has 1 unspecified atom stereocenters. The minimum Gasteiger partial charge on any atom is -0.464 e. The first-order chi connectivity index (χ1) is 6.20.